The summed E-state index contributed by atoms with van der Waals surface area (Å²) in [4.78, 5) is 15.4. The maximum absolute atomic E-state index is 11.3. The van der Waals surface area contributed by atoms with Crippen molar-refractivity contribution in [1.29, 1.82) is 0 Å². The maximum Gasteiger partial charge on any atom is 0.379 e. The van der Waals surface area contributed by atoms with Gasteiger partial charge in [0.1, 0.15) is 0 Å². The summed E-state index contributed by atoms with van der Waals surface area (Å²) in [6, 6.07) is 0. The second-order valence-electron chi connectivity index (χ2n) is 4.13. The average Bonchev–Trinajstić information content (AvgIpc) is 2.79. The van der Waals surface area contributed by atoms with E-state index < -0.39 is 5.97 Å². The first-order chi connectivity index (χ1) is 8.29. The molecule has 2 rings (SSSR count). The van der Waals surface area contributed by atoms with E-state index in [9.17, 15) is 4.79 Å². The Balaban J connectivity index is 1.91. The Labute approximate surface area is 99.7 Å². The van der Waals surface area contributed by atoms with Crippen LogP contribution in [0.1, 0.15) is 36.3 Å². The van der Waals surface area contributed by atoms with Crippen LogP contribution in [0.25, 0.3) is 0 Å². The minimum atomic E-state index is -0.521. The van der Waals surface area contributed by atoms with Crippen LogP contribution in [0.4, 0.5) is 0 Å². The number of carbonyl (C=O) groups excluding carboxylic acids is 1. The molecule has 1 aromatic rings. The van der Waals surface area contributed by atoms with Gasteiger partial charge in [0.2, 0.25) is 5.89 Å². The van der Waals surface area contributed by atoms with Gasteiger partial charge in [-0.05, 0) is 43.9 Å². The van der Waals surface area contributed by atoms with Crippen LogP contribution in [-0.4, -0.2) is 35.8 Å². The normalized spacial score (nSPS) is 17.0. The lowest BCUT2D eigenvalue weighted by Crippen LogP contribution is -2.28. The summed E-state index contributed by atoms with van der Waals surface area (Å²) < 4.78 is 9.85. The molecule has 0 radical (unpaired) electrons. The zero-order valence-electron chi connectivity index (χ0n) is 9.94. The summed E-state index contributed by atoms with van der Waals surface area (Å²) in [6.07, 6.45) is 2.96. The number of carbonyl (C=O) groups is 1. The SMILES string of the molecule is CCOC(=O)c1noc(CC2CCNCC2)n1. The van der Waals surface area contributed by atoms with Gasteiger partial charge < -0.3 is 14.6 Å². The van der Waals surface area contributed by atoms with Crippen LogP contribution in [0.5, 0.6) is 0 Å². The van der Waals surface area contributed by atoms with Crippen molar-refractivity contribution in [2.45, 2.75) is 26.2 Å². The number of esters is 1. The van der Waals surface area contributed by atoms with Gasteiger partial charge in [-0.15, -0.1) is 0 Å². The predicted octanol–water partition coefficient (Wildman–Crippen LogP) is 0.788. The lowest BCUT2D eigenvalue weighted by Gasteiger charge is -2.20. The smallest absolute Gasteiger partial charge is 0.379 e. The molecule has 1 fully saturated rings. The predicted molar refractivity (Wildman–Crippen MR) is 59.6 cm³/mol. The molecule has 0 unspecified atom stereocenters. The quantitative estimate of drug-likeness (QED) is 0.783. The van der Waals surface area contributed by atoms with E-state index in [-0.39, 0.29) is 5.82 Å². The van der Waals surface area contributed by atoms with Crippen molar-refractivity contribution in [3.8, 4) is 0 Å². The molecule has 94 valence electrons. The van der Waals surface area contributed by atoms with E-state index in [0.29, 0.717) is 18.4 Å². The lowest BCUT2D eigenvalue weighted by atomic mass is 9.95. The molecular weight excluding hydrogens is 222 g/mol. The number of nitrogens with one attached hydrogen (secondary N) is 1. The average molecular weight is 239 g/mol. The third kappa shape index (κ3) is 3.26. The molecule has 1 N–H and O–H groups in total. The van der Waals surface area contributed by atoms with Crippen molar-refractivity contribution in [3.63, 3.8) is 0 Å². The van der Waals surface area contributed by atoms with Crippen molar-refractivity contribution in [3.05, 3.63) is 11.7 Å². The molecule has 0 atom stereocenters. The third-order valence-corrected chi connectivity index (χ3v) is 2.85. The summed E-state index contributed by atoms with van der Waals surface area (Å²) in [5.74, 6) is 0.593. The van der Waals surface area contributed by atoms with Crippen LogP contribution in [0, 0.1) is 5.92 Å². The molecule has 0 aromatic carbocycles. The minimum absolute atomic E-state index is 0.0239. The monoisotopic (exact) mass is 239 g/mol. The van der Waals surface area contributed by atoms with E-state index in [1.54, 1.807) is 6.92 Å². The first-order valence-corrected chi connectivity index (χ1v) is 6.00. The highest BCUT2D eigenvalue weighted by Crippen LogP contribution is 2.16. The fourth-order valence-electron chi connectivity index (χ4n) is 1.95. The largest absolute Gasteiger partial charge is 0.460 e. The number of ether oxygens (including phenoxy) is 1. The van der Waals surface area contributed by atoms with Crippen LogP contribution in [0.15, 0.2) is 4.52 Å². The van der Waals surface area contributed by atoms with Crippen molar-refractivity contribution in [1.82, 2.24) is 15.5 Å². The maximum atomic E-state index is 11.3. The first kappa shape index (κ1) is 12.0. The minimum Gasteiger partial charge on any atom is -0.460 e. The molecule has 0 spiro atoms. The summed E-state index contributed by atoms with van der Waals surface area (Å²) in [5.41, 5.74) is 0. The molecule has 1 aromatic heterocycles. The highest BCUT2D eigenvalue weighted by atomic mass is 16.5. The van der Waals surface area contributed by atoms with E-state index >= 15 is 0 Å². The fraction of sp³-hybridized carbons (Fsp3) is 0.727. The van der Waals surface area contributed by atoms with Gasteiger partial charge in [0.25, 0.3) is 5.82 Å². The molecule has 17 heavy (non-hydrogen) atoms. The molecule has 1 saturated heterocycles. The van der Waals surface area contributed by atoms with Crippen LogP contribution in [0.2, 0.25) is 0 Å². The molecule has 6 nitrogen and oxygen atoms in total. The van der Waals surface area contributed by atoms with Crippen molar-refractivity contribution in [2.24, 2.45) is 5.92 Å². The van der Waals surface area contributed by atoms with Gasteiger partial charge in [0.15, 0.2) is 0 Å². The number of aromatic nitrogens is 2. The van der Waals surface area contributed by atoms with Gasteiger partial charge in [0.05, 0.1) is 6.61 Å². The number of piperidine rings is 1. The van der Waals surface area contributed by atoms with Gasteiger partial charge in [-0.3, -0.25) is 0 Å². The van der Waals surface area contributed by atoms with Gasteiger partial charge in [-0.1, -0.05) is 0 Å². The highest BCUT2D eigenvalue weighted by Gasteiger charge is 2.20. The number of hydrogen-bond acceptors (Lipinski definition) is 6. The van der Waals surface area contributed by atoms with Crippen LogP contribution >= 0.6 is 0 Å². The van der Waals surface area contributed by atoms with Crippen LogP contribution in [0.3, 0.4) is 0 Å². The topological polar surface area (TPSA) is 77.2 Å². The van der Waals surface area contributed by atoms with Crippen molar-refractivity contribution < 1.29 is 14.1 Å². The fourth-order valence-corrected chi connectivity index (χ4v) is 1.95. The van der Waals surface area contributed by atoms with Crippen molar-refractivity contribution >= 4 is 5.97 Å². The highest BCUT2D eigenvalue weighted by molar-refractivity contribution is 5.84. The summed E-state index contributed by atoms with van der Waals surface area (Å²) >= 11 is 0. The van der Waals surface area contributed by atoms with Gasteiger partial charge >= 0.3 is 5.97 Å². The Bertz CT molecular complexity index is 372. The second kappa shape index (κ2) is 5.77. The van der Waals surface area contributed by atoms with E-state index in [1.807, 2.05) is 0 Å². The van der Waals surface area contributed by atoms with Gasteiger partial charge in [-0.25, -0.2) is 4.79 Å². The number of hydrogen-bond donors (Lipinski definition) is 1. The first-order valence-electron chi connectivity index (χ1n) is 6.00. The third-order valence-electron chi connectivity index (χ3n) is 2.85. The van der Waals surface area contributed by atoms with E-state index in [2.05, 4.69) is 15.5 Å². The second-order valence-corrected chi connectivity index (χ2v) is 4.13. The number of rotatable bonds is 4. The Morgan fingerprint density at radius 3 is 3.00 bits per heavy atom. The molecule has 0 amide bonds. The zero-order chi connectivity index (χ0) is 12.1. The molecule has 2 heterocycles. The van der Waals surface area contributed by atoms with Crippen molar-refractivity contribution in [2.75, 3.05) is 19.7 Å². The van der Waals surface area contributed by atoms with Gasteiger partial charge in [-0.2, -0.15) is 4.98 Å². The molecule has 6 heteroatoms. The Kier molecular flexibility index (Phi) is 4.08. The number of nitrogens with zero attached hydrogens (tertiary/aromatic N) is 2. The zero-order valence-corrected chi connectivity index (χ0v) is 9.94. The van der Waals surface area contributed by atoms with Crippen LogP contribution < -0.4 is 5.32 Å². The molecule has 1 aliphatic rings. The summed E-state index contributed by atoms with van der Waals surface area (Å²) in [7, 11) is 0. The Morgan fingerprint density at radius 2 is 2.29 bits per heavy atom. The molecular formula is C11H17N3O3. The molecule has 0 bridgehead atoms. The van der Waals surface area contributed by atoms with E-state index in [0.717, 1.165) is 32.4 Å². The summed E-state index contributed by atoms with van der Waals surface area (Å²) in [6.45, 7) is 4.12. The molecule has 0 saturated carbocycles. The Hall–Kier alpha value is -1.43. The van der Waals surface area contributed by atoms with Crippen LogP contribution in [-0.2, 0) is 11.2 Å². The molecule has 0 aliphatic carbocycles. The molecule has 1 aliphatic heterocycles. The van der Waals surface area contributed by atoms with E-state index in [1.165, 1.54) is 0 Å². The standard InChI is InChI=1S/C11H17N3O3/c1-2-16-11(15)10-13-9(17-14-10)7-8-3-5-12-6-4-8/h8,12H,2-7H2,1H3. The van der Waals surface area contributed by atoms with E-state index in [4.69, 9.17) is 9.26 Å². The Morgan fingerprint density at radius 1 is 1.53 bits per heavy atom. The summed E-state index contributed by atoms with van der Waals surface area (Å²) in [5, 5.41) is 6.92. The lowest BCUT2D eigenvalue weighted by molar-refractivity contribution is 0.0508. The van der Waals surface area contributed by atoms with Gasteiger partial charge in [0, 0.05) is 6.42 Å².